The summed E-state index contributed by atoms with van der Waals surface area (Å²) >= 11 is 0. The number of aldehydes is 1. The summed E-state index contributed by atoms with van der Waals surface area (Å²) in [6.07, 6.45) is 7.80. The molecule has 8 rings (SSSR count). The Balaban J connectivity index is 0.913. The number of imide groups is 1. The molecule has 0 aliphatic carbocycles. The predicted molar refractivity (Wildman–Crippen MR) is 203 cm³/mol. The third-order valence-electron chi connectivity index (χ3n) is 10.1. The number of aryl methyl sites for hydroxylation is 1. The monoisotopic (exact) mass is 714 g/mol. The van der Waals surface area contributed by atoms with E-state index in [1.54, 1.807) is 30.6 Å². The molecule has 11 nitrogen and oxygen atoms in total. The molecule has 54 heavy (non-hydrogen) atoms. The number of aromatic amines is 1. The van der Waals surface area contributed by atoms with Gasteiger partial charge in [0.2, 0.25) is 11.8 Å². The molecule has 0 saturated carbocycles. The number of fused-ring (bicyclic) bond motifs is 3. The number of aromatic nitrogens is 3. The Morgan fingerprint density at radius 3 is 2.63 bits per heavy atom. The van der Waals surface area contributed by atoms with Gasteiger partial charge < -0.3 is 15.2 Å². The maximum atomic E-state index is 13.1. The number of benzene rings is 3. The summed E-state index contributed by atoms with van der Waals surface area (Å²) in [5.74, 6) is 4.84. The smallest absolute Gasteiger partial charge is 0.269 e. The summed E-state index contributed by atoms with van der Waals surface area (Å²) in [4.78, 5) is 75.6. The fourth-order valence-electron chi connectivity index (χ4n) is 7.31. The minimum atomic E-state index is -0.690. The van der Waals surface area contributed by atoms with Crippen molar-refractivity contribution in [3.8, 4) is 34.2 Å². The first-order valence-electron chi connectivity index (χ1n) is 17.8. The lowest BCUT2D eigenvalue weighted by Crippen LogP contribution is -2.52. The molecule has 0 bridgehead atoms. The molecule has 1 atom stereocenters. The van der Waals surface area contributed by atoms with Gasteiger partial charge in [0.1, 0.15) is 11.7 Å². The van der Waals surface area contributed by atoms with E-state index >= 15 is 0 Å². The minimum absolute atomic E-state index is 0.192. The number of carbonyl (C=O) groups excluding carboxylic acids is 5. The highest BCUT2D eigenvalue weighted by atomic mass is 16.2. The fourth-order valence-corrected chi connectivity index (χ4v) is 7.31. The number of rotatable bonds is 8. The number of amides is 4. The standard InChI is InChI=1S/C43H34N6O5/c1-2-25-17-29(18-33-30(24-50)21-47-40(25)33)31-10-6-9-27-19-37(46-22-34(27)31)28-12-13-36(45-20-28)41(52)44-16-4-3-7-26-8-5-11-32-35(26)23-49(43(32)54)38-14-15-39(51)48-42(38)53/h5-6,8-13,17-22,24,38,47H,2,4,14-16,23H2,1H3,(H,44,52)(H,48,51,53). The summed E-state index contributed by atoms with van der Waals surface area (Å²) in [5.41, 5.74) is 8.50. The summed E-state index contributed by atoms with van der Waals surface area (Å²) in [7, 11) is 0. The second kappa shape index (κ2) is 14.2. The number of nitrogens with one attached hydrogen (secondary N) is 3. The normalized spacial score (nSPS) is 15.2. The summed E-state index contributed by atoms with van der Waals surface area (Å²) < 4.78 is 0. The molecule has 3 aromatic heterocycles. The average molecular weight is 715 g/mol. The highest BCUT2D eigenvalue weighted by Gasteiger charge is 2.39. The van der Waals surface area contributed by atoms with Crippen molar-refractivity contribution in [2.24, 2.45) is 0 Å². The van der Waals surface area contributed by atoms with Gasteiger partial charge in [-0.1, -0.05) is 43.0 Å². The van der Waals surface area contributed by atoms with Crippen LogP contribution in [0.1, 0.15) is 74.1 Å². The van der Waals surface area contributed by atoms with E-state index in [2.05, 4.69) is 57.6 Å². The molecule has 1 unspecified atom stereocenters. The van der Waals surface area contributed by atoms with Crippen LogP contribution in [-0.4, -0.2) is 62.4 Å². The Morgan fingerprint density at radius 2 is 1.83 bits per heavy atom. The molecule has 2 aliphatic rings. The fraction of sp³-hybridized carbons (Fsp3) is 0.186. The van der Waals surface area contributed by atoms with Gasteiger partial charge in [-0.2, -0.15) is 0 Å². The Kier molecular flexibility index (Phi) is 9.01. The van der Waals surface area contributed by atoms with Gasteiger partial charge in [-0.3, -0.25) is 39.3 Å². The van der Waals surface area contributed by atoms with Crippen molar-refractivity contribution in [1.82, 2.24) is 30.5 Å². The van der Waals surface area contributed by atoms with Crippen LogP contribution >= 0.6 is 0 Å². The van der Waals surface area contributed by atoms with E-state index in [-0.39, 0.29) is 36.4 Å². The van der Waals surface area contributed by atoms with E-state index < -0.39 is 11.9 Å². The van der Waals surface area contributed by atoms with Crippen molar-refractivity contribution in [1.29, 1.82) is 0 Å². The predicted octanol–water partition coefficient (Wildman–Crippen LogP) is 5.75. The SMILES string of the molecule is CCc1cc(-c2cccc3cc(-c4ccc(C(=O)NCCC#Cc5cccc6c5CN(C5CCC(=O)NC5=O)C6=O)nc4)ncc23)cc2c(C=O)c[nH]c12. The van der Waals surface area contributed by atoms with Crippen molar-refractivity contribution >= 4 is 51.6 Å². The highest BCUT2D eigenvalue weighted by molar-refractivity contribution is 6.06. The van der Waals surface area contributed by atoms with Crippen LogP contribution < -0.4 is 10.6 Å². The van der Waals surface area contributed by atoms with Crippen molar-refractivity contribution < 1.29 is 24.0 Å². The van der Waals surface area contributed by atoms with E-state index in [9.17, 15) is 24.0 Å². The van der Waals surface area contributed by atoms with E-state index in [1.807, 2.05) is 36.5 Å². The van der Waals surface area contributed by atoms with E-state index in [1.165, 1.54) is 4.90 Å². The second-order valence-corrected chi connectivity index (χ2v) is 13.3. The average Bonchev–Trinajstić information content (AvgIpc) is 3.77. The minimum Gasteiger partial charge on any atom is -0.360 e. The topological polar surface area (TPSA) is 154 Å². The molecule has 3 aromatic carbocycles. The van der Waals surface area contributed by atoms with Gasteiger partial charge in [0, 0.05) is 83.1 Å². The van der Waals surface area contributed by atoms with E-state index in [0.717, 1.165) is 67.9 Å². The van der Waals surface area contributed by atoms with Crippen LogP contribution in [0.2, 0.25) is 0 Å². The maximum absolute atomic E-state index is 13.1. The summed E-state index contributed by atoms with van der Waals surface area (Å²) in [6.45, 7) is 2.64. The molecular formula is C43H34N6O5. The van der Waals surface area contributed by atoms with Crippen LogP contribution in [0.25, 0.3) is 44.1 Å². The van der Waals surface area contributed by atoms with Crippen molar-refractivity contribution in [3.63, 3.8) is 0 Å². The number of carbonyl (C=O) groups is 5. The molecule has 266 valence electrons. The van der Waals surface area contributed by atoms with Crippen LogP contribution in [-0.2, 0) is 22.6 Å². The molecular weight excluding hydrogens is 681 g/mol. The third-order valence-corrected chi connectivity index (χ3v) is 10.1. The highest BCUT2D eigenvalue weighted by Crippen LogP contribution is 2.35. The Labute approximate surface area is 310 Å². The first kappa shape index (κ1) is 34.2. The van der Waals surface area contributed by atoms with Gasteiger partial charge in [0.25, 0.3) is 11.8 Å². The number of hydrogen-bond donors (Lipinski definition) is 3. The molecule has 1 fully saturated rings. The zero-order valence-corrected chi connectivity index (χ0v) is 29.4. The molecule has 5 heterocycles. The Bertz CT molecular complexity index is 2600. The van der Waals surface area contributed by atoms with Crippen molar-refractivity contribution in [3.05, 3.63) is 119 Å². The summed E-state index contributed by atoms with van der Waals surface area (Å²) in [5, 5.41) is 8.06. The number of pyridine rings is 2. The van der Waals surface area contributed by atoms with Gasteiger partial charge in [-0.15, -0.1) is 0 Å². The van der Waals surface area contributed by atoms with Crippen LogP contribution in [0.5, 0.6) is 0 Å². The Morgan fingerprint density at radius 1 is 0.981 bits per heavy atom. The lowest BCUT2D eigenvalue weighted by atomic mass is 9.94. The van der Waals surface area contributed by atoms with Crippen LogP contribution in [0.15, 0.2) is 85.3 Å². The molecule has 3 N–H and O–H groups in total. The van der Waals surface area contributed by atoms with Gasteiger partial charge in [-0.05, 0) is 82.9 Å². The largest absolute Gasteiger partial charge is 0.360 e. The second-order valence-electron chi connectivity index (χ2n) is 13.3. The van der Waals surface area contributed by atoms with Crippen molar-refractivity contribution in [2.75, 3.05) is 6.54 Å². The van der Waals surface area contributed by atoms with Crippen LogP contribution in [0.3, 0.4) is 0 Å². The van der Waals surface area contributed by atoms with Gasteiger partial charge >= 0.3 is 0 Å². The number of nitrogens with zero attached hydrogens (tertiary/aromatic N) is 3. The maximum Gasteiger partial charge on any atom is 0.269 e. The van der Waals surface area contributed by atoms with E-state index in [4.69, 9.17) is 4.98 Å². The number of piperidine rings is 1. The summed E-state index contributed by atoms with van der Waals surface area (Å²) in [6, 6.07) is 20.4. The lowest BCUT2D eigenvalue weighted by molar-refractivity contribution is -0.136. The molecule has 2 aliphatic heterocycles. The van der Waals surface area contributed by atoms with Crippen molar-refractivity contribution in [2.45, 2.75) is 45.2 Å². The van der Waals surface area contributed by atoms with Gasteiger partial charge in [-0.25, -0.2) is 0 Å². The quantitative estimate of drug-likeness (QED) is 0.0785. The number of H-pyrrole nitrogens is 1. The molecule has 4 amide bonds. The zero-order valence-electron chi connectivity index (χ0n) is 29.4. The molecule has 1 saturated heterocycles. The third kappa shape index (κ3) is 6.28. The molecule has 0 radical (unpaired) electrons. The van der Waals surface area contributed by atoms with Crippen LogP contribution in [0, 0.1) is 11.8 Å². The first-order chi connectivity index (χ1) is 26.3. The van der Waals surface area contributed by atoms with E-state index in [0.29, 0.717) is 36.1 Å². The van der Waals surface area contributed by atoms with Gasteiger partial charge in [0.05, 0.1) is 5.69 Å². The van der Waals surface area contributed by atoms with Crippen LogP contribution in [0.4, 0.5) is 0 Å². The molecule has 6 aromatic rings. The van der Waals surface area contributed by atoms with Gasteiger partial charge in [0.15, 0.2) is 6.29 Å². The molecule has 0 spiro atoms. The molecule has 11 heteroatoms. The number of hydrogen-bond acceptors (Lipinski definition) is 7. The Hall–Kier alpha value is -6.93. The zero-order chi connectivity index (χ0) is 37.3. The lowest BCUT2D eigenvalue weighted by Gasteiger charge is -2.29. The first-order valence-corrected chi connectivity index (χ1v) is 17.8.